The summed E-state index contributed by atoms with van der Waals surface area (Å²) in [7, 11) is 1.68. The van der Waals surface area contributed by atoms with E-state index in [1.807, 2.05) is 37.4 Å². The molecule has 1 fully saturated rings. The zero-order chi connectivity index (χ0) is 22.8. The average Bonchev–Trinajstić information content (AvgIpc) is 3.26. The number of nitrogens with zero attached hydrogens (tertiary/aromatic N) is 6. The van der Waals surface area contributed by atoms with E-state index in [0.29, 0.717) is 11.6 Å². The largest absolute Gasteiger partial charge is 0.497 e. The first-order valence-electron chi connectivity index (χ1n) is 10.9. The number of benzene rings is 2. The summed E-state index contributed by atoms with van der Waals surface area (Å²) in [5.41, 5.74) is 4.39. The van der Waals surface area contributed by atoms with Crippen molar-refractivity contribution in [3.05, 3.63) is 78.5 Å². The summed E-state index contributed by atoms with van der Waals surface area (Å²) >= 11 is 0. The number of methoxy groups -OCH3 is 1. The fraction of sp³-hybridized carbons (Fsp3) is 0.240. The monoisotopic (exact) mass is 444 g/mol. The third-order valence-corrected chi connectivity index (χ3v) is 5.89. The predicted octanol–water partition coefficient (Wildman–Crippen LogP) is 4.11. The second-order valence-electron chi connectivity index (χ2n) is 7.97. The minimum atomic E-state index is -0.291. The van der Waals surface area contributed by atoms with Gasteiger partial charge in [-0.2, -0.15) is 5.10 Å². The molecular formula is C25H25FN6O. The quantitative estimate of drug-likeness (QED) is 0.462. The first kappa shape index (κ1) is 20.9. The molecule has 0 N–H and O–H groups in total. The number of rotatable bonds is 5. The number of piperazine rings is 1. The van der Waals surface area contributed by atoms with Crippen LogP contribution in [0.1, 0.15) is 5.69 Å². The van der Waals surface area contributed by atoms with Crippen LogP contribution < -0.4 is 14.5 Å². The van der Waals surface area contributed by atoms with Crippen LogP contribution in [0.15, 0.2) is 67.0 Å². The number of hydrogen-bond acceptors (Lipinski definition) is 6. The lowest BCUT2D eigenvalue weighted by Crippen LogP contribution is -2.47. The van der Waals surface area contributed by atoms with Gasteiger partial charge >= 0.3 is 0 Å². The van der Waals surface area contributed by atoms with Gasteiger partial charge in [-0.05, 0) is 55.5 Å². The van der Waals surface area contributed by atoms with Crippen molar-refractivity contribution in [1.82, 2.24) is 19.7 Å². The Balaban J connectivity index is 1.32. The van der Waals surface area contributed by atoms with E-state index < -0.39 is 0 Å². The molecule has 7 nitrogen and oxygen atoms in total. The Morgan fingerprint density at radius 1 is 0.909 bits per heavy atom. The minimum Gasteiger partial charge on any atom is -0.497 e. The maximum absolute atomic E-state index is 13.6. The standard InChI is InChI=1S/C25H25FN6O/c1-18-23(17-32(29-18)21-5-3-4-19(26)16-21)24-10-11-27-25(28-24)31-14-12-30(13-15-31)20-6-8-22(33-2)9-7-20/h3-11,16-17H,12-15H2,1-2H3. The summed E-state index contributed by atoms with van der Waals surface area (Å²) < 4.78 is 20.6. The van der Waals surface area contributed by atoms with Gasteiger partial charge in [0.2, 0.25) is 5.95 Å². The van der Waals surface area contributed by atoms with Crippen LogP contribution in [-0.2, 0) is 0 Å². The Bertz CT molecular complexity index is 1250. The second kappa shape index (κ2) is 8.90. The molecule has 2 aromatic carbocycles. The molecule has 0 radical (unpaired) electrons. The summed E-state index contributed by atoms with van der Waals surface area (Å²) in [6, 6.07) is 16.4. The van der Waals surface area contributed by atoms with Gasteiger partial charge in [0.05, 0.1) is 24.2 Å². The number of hydrogen-bond donors (Lipinski definition) is 0. The smallest absolute Gasteiger partial charge is 0.225 e. The molecule has 0 unspecified atom stereocenters. The van der Waals surface area contributed by atoms with Crippen molar-refractivity contribution in [1.29, 1.82) is 0 Å². The molecule has 33 heavy (non-hydrogen) atoms. The number of anilines is 2. The zero-order valence-corrected chi connectivity index (χ0v) is 18.6. The summed E-state index contributed by atoms with van der Waals surface area (Å²) in [5, 5.41) is 4.56. The van der Waals surface area contributed by atoms with Crippen molar-refractivity contribution in [2.75, 3.05) is 43.1 Å². The SMILES string of the molecule is COc1ccc(N2CCN(c3nccc(-c4cn(-c5cccc(F)c5)nc4C)n3)CC2)cc1. The van der Waals surface area contributed by atoms with E-state index >= 15 is 0 Å². The van der Waals surface area contributed by atoms with Crippen LogP contribution in [-0.4, -0.2) is 53.0 Å². The van der Waals surface area contributed by atoms with Crippen LogP contribution in [0.5, 0.6) is 5.75 Å². The van der Waals surface area contributed by atoms with Crippen molar-refractivity contribution in [3.63, 3.8) is 0 Å². The van der Waals surface area contributed by atoms with E-state index in [1.54, 1.807) is 24.1 Å². The van der Waals surface area contributed by atoms with Crippen molar-refractivity contribution in [2.24, 2.45) is 0 Å². The average molecular weight is 445 g/mol. The summed E-state index contributed by atoms with van der Waals surface area (Å²) in [4.78, 5) is 13.9. The summed E-state index contributed by atoms with van der Waals surface area (Å²) in [6.45, 7) is 5.36. The highest BCUT2D eigenvalue weighted by atomic mass is 19.1. The number of aryl methyl sites for hydroxylation is 1. The molecule has 168 valence electrons. The number of halogens is 1. The molecule has 0 amide bonds. The van der Waals surface area contributed by atoms with Gasteiger partial charge in [-0.3, -0.25) is 0 Å². The third kappa shape index (κ3) is 4.37. The highest BCUT2D eigenvalue weighted by Crippen LogP contribution is 2.25. The molecule has 8 heteroatoms. The molecule has 0 spiro atoms. The minimum absolute atomic E-state index is 0.291. The molecule has 0 aliphatic carbocycles. The highest BCUT2D eigenvalue weighted by Gasteiger charge is 2.20. The zero-order valence-electron chi connectivity index (χ0n) is 18.6. The van der Waals surface area contributed by atoms with E-state index in [2.05, 4.69) is 32.0 Å². The highest BCUT2D eigenvalue weighted by molar-refractivity contribution is 5.63. The fourth-order valence-electron chi connectivity index (χ4n) is 4.07. The van der Waals surface area contributed by atoms with Gasteiger partial charge in [-0.1, -0.05) is 6.07 Å². The number of aromatic nitrogens is 4. The Kier molecular flexibility index (Phi) is 5.64. The first-order chi connectivity index (χ1) is 16.1. The van der Waals surface area contributed by atoms with Crippen LogP contribution in [0, 0.1) is 12.7 Å². The molecule has 1 aliphatic rings. The summed E-state index contributed by atoms with van der Waals surface area (Å²) in [6.07, 6.45) is 3.67. The maximum Gasteiger partial charge on any atom is 0.225 e. The molecule has 0 bridgehead atoms. The van der Waals surface area contributed by atoms with Crippen LogP contribution in [0.2, 0.25) is 0 Å². The lowest BCUT2D eigenvalue weighted by atomic mass is 10.2. The van der Waals surface area contributed by atoms with E-state index in [0.717, 1.165) is 48.9 Å². The van der Waals surface area contributed by atoms with Gasteiger partial charge in [0.25, 0.3) is 0 Å². The van der Waals surface area contributed by atoms with Crippen LogP contribution >= 0.6 is 0 Å². The normalized spacial score (nSPS) is 13.9. The predicted molar refractivity (Wildman–Crippen MR) is 127 cm³/mol. The molecular weight excluding hydrogens is 419 g/mol. The van der Waals surface area contributed by atoms with E-state index in [4.69, 9.17) is 9.72 Å². The van der Waals surface area contributed by atoms with Crippen LogP contribution in [0.3, 0.4) is 0 Å². The lowest BCUT2D eigenvalue weighted by Gasteiger charge is -2.36. The van der Waals surface area contributed by atoms with E-state index in [9.17, 15) is 4.39 Å². The Labute approximate surface area is 192 Å². The number of ether oxygens (including phenoxy) is 1. The molecule has 0 saturated carbocycles. The van der Waals surface area contributed by atoms with Crippen molar-refractivity contribution in [2.45, 2.75) is 6.92 Å². The molecule has 4 aromatic rings. The molecule has 5 rings (SSSR count). The summed E-state index contributed by atoms with van der Waals surface area (Å²) in [5.74, 6) is 1.28. The molecule has 0 atom stereocenters. The third-order valence-electron chi connectivity index (χ3n) is 5.89. The van der Waals surface area contributed by atoms with E-state index in [1.165, 1.54) is 17.8 Å². The van der Waals surface area contributed by atoms with Crippen LogP contribution in [0.25, 0.3) is 16.9 Å². The van der Waals surface area contributed by atoms with Crippen LogP contribution in [0.4, 0.5) is 16.0 Å². The van der Waals surface area contributed by atoms with Crippen molar-refractivity contribution >= 4 is 11.6 Å². The topological polar surface area (TPSA) is 59.3 Å². The molecule has 2 aromatic heterocycles. The maximum atomic E-state index is 13.6. The first-order valence-corrected chi connectivity index (χ1v) is 10.9. The van der Waals surface area contributed by atoms with Gasteiger partial charge in [0.15, 0.2) is 0 Å². The molecule has 1 saturated heterocycles. The van der Waals surface area contributed by atoms with Gasteiger partial charge in [-0.25, -0.2) is 19.0 Å². The Morgan fingerprint density at radius 2 is 1.67 bits per heavy atom. The van der Waals surface area contributed by atoms with Gasteiger partial charge in [0.1, 0.15) is 11.6 Å². The molecule has 1 aliphatic heterocycles. The Morgan fingerprint density at radius 3 is 2.39 bits per heavy atom. The second-order valence-corrected chi connectivity index (χ2v) is 7.97. The molecule has 3 heterocycles. The van der Waals surface area contributed by atoms with Gasteiger partial charge in [0, 0.05) is 49.8 Å². The van der Waals surface area contributed by atoms with Crippen molar-refractivity contribution < 1.29 is 9.13 Å². The van der Waals surface area contributed by atoms with E-state index in [-0.39, 0.29) is 5.82 Å². The van der Waals surface area contributed by atoms with Crippen molar-refractivity contribution in [3.8, 4) is 22.7 Å². The van der Waals surface area contributed by atoms with Gasteiger partial charge < -0.3 is 14.5 Å². The van der Waals surface area contributed by atoms with Gasteiger partial charge in [-0.15, -0.1) is 0 Å². The fourth-order valence-corrected chi connectivity index (χ4v) is 4.07. The Hall–Kier alpha value is -3.94. The lowest BCUT2D eigenvalue weighted by molar-refractivity contribution is 0.415.